The van der Waals surface area contributed by atoms with Crippen LogP contribution in [-0.4, -0.2) is 198 Å². The van der Waals surface area contributed by atoms with Crippen molar-refractivity contribution >= 4 is 34.5 Å². The van der Waals surface area contributed by atoms with Crippen LogP contribution in [-0.2, 0) is 68.3 Å². The Morgan fingerprint density at radius 1 is 0.421 bits per heavy atom. The third-order valence-electron chi connectivity index (χ3n) is 9.06. The molecule has 0 bridgehead atoms. The highest BCUT2D eigenvalue weighted by Crippen LogP contribution is 2.22. The van der Waals surface area contributed by atoms with E-state index in [-0.39, 0.29) is 32.5 Å². The summed E-state index contributed by atoms with van der Waals surface area (Å²) in [7, 11) is 0.748. The van der Waals surface area contributed by atoms with Gasteiger partial charge in [0.05, 0.1) is 70.3 Å². The van der Waals surface area contributed by atoms with Gasteiger partial charge >= 0.3 is 34.5 Å². The van der Waals surface area contributed by atoms with Gasteiger partial charge < -0.3 is 78.5 Å². The molecule has 0 spiro atoms. The lowest BCUT2D eigenvalue weighted by Crippen LogP contribution is -2.50. The number of unbranched alkanes of at least 4 members (excludes halogenated alkanes) is 1. The molecule has 0 aliphatic heterocycles. The molecule has 344 valence electrons. The van der Waals surface area contributed by atoms with E-state index in [1.165, 1.54) is 0 Å². The van der Waals surface area contributed by atoms with Crippen molar-refractivity contribution in [2.24, 2.45) is 0 Å². The Hall–Kier alpha value is 0.188. The maximum atomic E-state index is 9.53. The molecule has 17 nitrogen and oxygen atoms in total. The molecule has 2 N–H and O–H groups in total. The lowest BCUT2D eigenvalue weighted by Gasteiger charge is -2.33. The van der Waals surface area contributed by atoms with Gasteiger partial charge in [-0.3, -0.25) is 0 Å². The van der Waals surface area contributed by atoms with Crippen LogP contribution in [0, 0.1) is 0 Å². The lowest BCUT2D eigenvalue weighted by atomic mass is 10.3. The molecule has 0 aliphatic carbocycles. The average Bonchev–Trinajstić information content (AvgIpc) is 3.18. The van der Waals surface area contributed by atoms with Crippen molar-refractivity contribution in [1.29, 1.82) is 0 Å². The zero-order chi connectivity index (χ0) is 43.1. The summed E-state index contributed by atoms with van der Waals surface area (Å²) in [6.45, 7) is 13.6. The highest BCUT2D eigenvalue weighted by molar-refractivity contribution is 6.66. The van der Waals surface area contributed by atoms with Gasteiger partial charge in [0.1, 0.15) is 0 Å². The number of hydrogen-bond acceptors (Lipinski definition) is 17. The maximum absolute atomic E-state index is 9.53. The van der Waals surface area contributed by atoms with Gasteiger partial charge in [0, 0.05) is 88.8 Å². The first kappa shape index (κ1) is 57.2. The molecule has 21 heteroatoms. The smallest absolute Gasteiger partial charge is 0.398 e. The highest BCUT2D eigenvalue weighted by Gasteiger charge is 2.42. The second-order valence-corrected chi connectivity index (χ2v) is 27.7. The molecule has 0 fully saturated rings. The highest BCUT2D eigenvalue weighted by atomic mass is 28.4. The van der Waals surface area contributed by atoms with Crippen molar-refractivity contribution in [3.63, 3.8) is 0 Å². The Labute approximate surface area is 348 Å². The lowest BCUT2D eigenvalue weighted by molar-refractivity contribution is -0.0288. The zero-order valence-electron chi connectivity index (χ0n) is 37.5. The molecular weight excluding hydrogens is 817 g/mol. The Morgan fingerprint density at radius 2 is 0.842 bits per heavy atom. The minimum absolute atomic E-state index is 0.224. The molecule has 0 rings (SSSR count). The fourth-order valence-electron chi connectivity index (χ4n) is 5.45. The predicted octanol–water partition coefficient (Wildman–Crippen LogP) is 3.79. The number of hydrogen-bond donors (Lipinski definition) is 2. The van der Waals surface area contributed by atoms with Gasteiger partial charge in [-0.2, -0.15) is 0 Å². The van der Waals surface area contributed by atoms with Crippen molar-refractivity contribution in [2.75, 3.05) is 129 Å². The molecule has 0 radical (unpaired) electrons. The van der Waals surface area contributed by atoms with Crippen LogP contribution in [0.4, 0.5) is 0 Å². The van der Waals surface area contributed by atoms with Crippen molar-refractivity contribution in [3.05, 3.63) is 0 Å². The van der Waals surface area contributed by atoms with Crippen molar-refractivity contribution in [2.45, 2.75) is 108 Å². The van der Waals surface area contributed by atoms with Crippen LogP contribution >= 0.6 is 0 Å². The van der Waals surface area contributed by atoms with E-state index in [2.05, 4.69) is 0 Å². The van der Waals surface area contributed by atoms with Gasteiger partial charge in [0.25, 0.3) is 0 Å². The third kappa shape index (κ3) is 28.4. The standard InChI is InChI=1S/C36H82O17Si4/c1-33(37)26-46-21-16-23-54(10,41-5)50-31-36(53-57(44-8,45-9)25-17-22-47-27-34(2)38)29-49-20-14-13-19-48-28-35(30-51-56(12,43-7)32-40-4)52-55(11,42-6)24-15-18-39-3/h33-38H,13-32H2,1-12H3. The fraction of sp³-hybridized carbons (Fsp3) is 1.00. The summed E-state index contributed by atoms with van der Waals surface area (Å²) in [4.78, 5) is 0. The molecule has 0 aromatic rings. The summed E-state index contributed by atoms with van der Waals surface area (Å²) < 4.78 is 89.0. The monoisotopic (exact) mass is 898 g/mol. The molecule has 57 heavy (non-hydrogen) atoms. The molecule has 0 saturated carbocycles. The Morgan fingerprint density at radius 3 is 1.30 bits per heavy atom. The van der Waals surface area contributed by atoms with Gasteiger partial charge in [0.15, 0.2) is 0 Å². The molecule has 0 amide bonds. The largest absolute Gasteiger partial charge is 0.500 e. The van der Waals surface area contributed by atoms with Gasteiger partial charge in [-0.25, -0.2) is 0 Å². The summed E-state index contributed by atoms with van der Waals surface area (Å²) in [6.07, 6.45) is 2.25. The second kappa shape index (κ2) is 33.8. The summed E-state index contributed by atoms with van der Waals surface area (Å²) in [5, 5.41) is 19.0. The van der Waals surface area contributed by atoms with Crippen LogP contribution in [0.25, 0.3) is 0 Å². The maximum Gasteiger partial charge on any atom is 0.500 e. The first-order valence-corrected chi connectivity index (χ1v) is 29.7. The van der Waals surface area contributed by atoms with Crippen LogP contribution in [0.15, 0.2) is 0 Å². The van der Waals surface area contributed by atoms with Crippen molar-refractivity contribution in [3.8, 4) is 0 Å². The van der Waals surface area contributed by atoms with E-state index >= 15 is 0 Å². The van der Waals surface area contributed by atoms with Crippen LogP contribution in [0.3, 0.4) is 0 Å². The topological polar surface area (TPSA) is 179 Å². The van der Waals surface area contributed by atoms with Crippen LogP contribution in [0.1, 0.15) is 46.0 Å². The van der Waals surface area contributed by atoms with E-state index in [4.69, 9.17) is 68.3 Å². The molecule has 0 saturated heterocycles. The van der Waals surface area contributed by atoms with Gasteiger partial charge in [-0.05, 0) is 77.7 Å². The molecule has 0 aromatic heterocycles. The van der Waals surface area contributed by atoms with Gasteiger partial charge in [-0.1, -0.05) is 0 Å². The SMILES string of the molecule is COCCC[Si](C)(OC)OC(COCCCCOCC(CO[Si](C)(CCCOCC(C)O)OC)O[Si](CCCOCC(C)O)(OC)OC)CO[Si](C)(COC)OC. The summed E-state index contributed by atoms with van der Waals surface area (Å²) in [5.41, 5.74) is 0. The molecule has 0 aromatic carbocycles. The zero-order valence-corrected chi connectivity index (χ0v) is 41.5. The number of ether oxygens (including phenoxy) is 6. The number of aliphatic hydroxyl groups excluding tert-OH is 2. The third-order valence-corrected chi connectivity index (χ3v) is 20.3. The van der Waals surface area contributed by atoms with E-state index in [1.807, 2.05) is 19.6 Å². The van der Waals surface area contributed by atoms with E-state index in [9.17, 15) is 10.2 Å². The number of rotatable bonds is 42. The van der Waals surface area contributed by atoms with E-state index in [0.717, 1.165) is 31.7 Å². The summed E-state index contributed by atoms with van der Waals surface area (Å²) in [6, 6.07) is 2.00. The minimum Gasteiger partial charge on any atom is -0.398 e. The van der Waals surface area contributed by atoms with Gasteiger partial charge in [0.2, 0.25) is 0 Å². The van der Waals surface area contributed by atoms with Crippen molar-refractivity contribution < 1.29 is 78.5 Å². The summed E-state index contributed by atoms with van der Waals surface area (Å²) >= 11 is 0. The Kier molecular flexibility index (Phi) is 33.9. The van der Waals surface area contributed by atoms with Gasteiger partial charge in [-0.15, -0.1) is 0 Å². The van der Waals surface area contributed by atoms with E-state index < -0.39 is 52.8 Å². The fourth-order valence-corrected chi connectivity index (χ4v) is 12.8. The van der Waals surface area contributed by atoms with Crippen LogP contribution < -0.4 is 0 Å². The molecule has 0 aliphatic rings. The molecular formula is C36H82O17Si4. The number of aliphatic hydroxyl groups is 2. The second-order valence-electron chi connectivity index (χ2n) is 14.6. The normalized spacial score (nSPS) is 17.8. The first-order valence-electron chi connectivity index (χ1n) is 20.2. The molecule has 7 atom stereocenters. The molecule has 0 heterocycles. The van der Waals surface area contributed by atoms with Crippen LogP contribution in [0.2, 0.25) is 37.8 Å². The predicted molar refractivity (Wildman–Crippen MR) is 225 cm³/mol. The Bertz CT molecular complexity index is 932. The minimum atomic E-state index is -3.13. The first-order chi connectivity index (χ1) is 27.1. The van der Waals surface area contributed by atoms with E-state index in [0.29, 0.717) is 71.0 Å². The summed E-state index contributed by atoms with van der Waals surface area (Å²) in [5.74, 6) is 0. The molecule has 7 unspecified atom stereocenters. The van der Waals surface area contributed by atoms with Crippen LogP contribution in [0.5, 0.6) is 0 Å². The Balaban J connectivity index is 5.37. The van der Waals surface area contributed by atoms with E-state index in [1.54, 1.807) is 63.6 Å². The van der Waals surface area contributed by atoms with Crippen molar-refractivity contribution in [1.82, 2.24) is 0 Å². The quantitative estimate of drug-likeness (QED) is 0.0668. The number of methoxy groups -OCH3 is 2. The average molecular weight is 899 g/mol.